The lowest BCUT2D eigenvalue weighted by Gasteiger charge is -2.18. The van der Waals surface area contributed by atoms with Gasteiger partial charge >= 0.3 is 5.97 Å². The van der Waals surface area contributed by atoms with E-state index in [1.54, 1.807) is 25.3 Å². The second-order valence-corrected chi connectivity index (χ2v) is 5.42. The number of hydrogen-bond acceptors (Lipinski definition) is 5. The summed E-state index contributed by atoms with van der Waals surface area (Å²) in [6.07, 6.45) is 0.789. The summed E-state index contributed by atoms with van der Waals surface area (Å²) in [7, 11) is 0. The van der Waals surface area contributed by atoms with Crippen molar-refractivity contribution in [3.8, 4) is 5.75 Å². The fourth-order valence-corrected chi connectivity index (χ4v) is 2.02. The minimum absolute atomic E-state index is 0.157. The average Bonchev–Trinajstić information content (AvgIpc) is 2.58. The first-order chi connectivity index (χ1) is 11.1. The van der Waals surface area contributed by atoms with Gasteiger partial charge in [0.1, 0.15) is 18.5 Å². The van der Waals surface area contributed by atoms with Crippen molar-refractivity contribution in [3.05, 3.63) is 59.9 Å². The van der Waals surface area contributed by atoms with Crippen molar-refractivity contribution in [1.82, 2.24) is 4.98 Å². The summed E-state index contributed by atoms with van der Waals surface area (Å²) in [5.74, 6) is 0.0431. The van der Waals surface area contributed by atoms with E-state index in [2.05, 4.69) is 4.98 Å². The van der Waals surface area contributed by atoms with Crippen molar-refractivity contribution >= 4 is 5.97 Å². The highest BCUT2D eigenvalue weighted by Crippen LogP contribution is 2.22. The van der Waals surface area contributed by atoms with Crippen LogP contribution in [0.25, 0.3) is 0 Å². The Morgan fingerprint density at radius 3 is 2.57 bits per heavy atom. The van der Waals surface area contributed by atoms with Gasteiger partial charge in [0, 0.05) is 12.8 Å². The molecular weight excluding hydrogens is 294 g/mol. The number of carbonyl (C=O) groups is 1. The first kappa shape index (κ1) is 17.0. The number of carbonyl (C=O) groups excluding carboxylic acids is 1. The van der Waals surface area contributed by atoms with Crippen LogP contribution < -0.4 is 4.74 Å². The third-order valence-corrected chi connectivity index (χ3v) is 3.40. The number of hydrogen-bond donors (Lipinski definition) is 1. The van der Waals surface area contributed by atoms with E-state index in [0.717, 1.165) is 5.56 Å². The second kappa shape index (κ2) is 8.29. The summed E-state index contributed by atoms with van der Waals surface area (Å²) >= 11 is 0. The van der Waals surface area contributed by atoms with E-state index in [1.807, 2.05) is 30.3 Å². The SMILES string of the molecule is CC(=O)OC[C@@H](C)[C@@H](O)c1ccc(OCc2ccccc2)cn1. The van der Waals surface area contributed by atoms with Gasteiger partial charge in [0.15, 0.2) is 0 Å². The Labute approximate surface area is 135 Å². The normalized spacial score (nSPS) is 13.2. The zero-order valence-corrected chi connectivity index (χ0v) is 13.3. The van der Waals surface area contributed by atoms with Crippen LogP contribution in [0.1, 0.15) is 31.2 Å². The highest BCUT2D eigenvalue weighted by Gasteiger charge is 2.19. The third kappa shape index (κ3) is 5.38. The molecule has 0 radical (unpaired) electrons. The van der Waals surface area contributed by atoms with Crippen LogP contribution in [0.2, 0.25) is 0 Å². The van der Waals surface area contributed by atoms with Gasteiger partial charge in [0.05, 0.1) is 18.5 Å². The minimum atomic E-state index is -0.794. The van der Waals surface area contributed by atoms with Crippen molar-refractivity contribution < 1.29 is 19.4 Å². The molecule has 122 valence electrons. The monoisotopic (exact) mass is 315 g/mol. The number of pyridine rings is 1. The molecule has 23 heavy (non-hydrogen) atoms. The Bertz CT molecular complexity index is 613. The van der Waals surface area contributed by atoms with Crippen LogP contribution in [-0.4, -0.2) is 22.7 Å². The molecule has 1 aromatic carbocycles. The van der Waals surface area contributed by atoms with Crippen molar-refractivity contribution in [2.75, 3.05) is 6.61 Å². The Kier molecular flexibility index (Phi) is 6.11. The van der Waals surface area contributed by atoms with Crippen LogP contribution in [0.5, 0.6) is 5.75 Å². The van der Waals surface area contributed by atoms with Crippen LogP contribution in [0.3, 0.4) is 0 Å². The molecule has 2 rings (SSSR count). The number of benzene rings is 1. The van der Waals surface area contributed by atoms with E-state index in [1.165, 1.54) is 6.92 Å². The summed E-state index contributed by atoms with van der Waals surface area (Å²) < 4.78 is 10.6. The van der Waals surface area contributed by atoms with Gasteiger partial charge in [0.2, 0.25) is 0 Å². The molecule has 1 N–H and O–H groups in total. The Morgan fingerprint density at radius 2 is 1.96 bits per heavy atom. The first-order valence-corrected chi connectivity index (χ1v) is 7.50. The largest absolute Gasteiger partial charge is 0.487 e. The number of nitrogens with zero attached hydrogens (tertiary/aromatic N) is 1. The molecule has 0 aliphatic carbocycles. The van der Waals surface area contributed by atoms with Gasteiger partial charge in [-0.15, -0.1) is 0 Å². The molecule has 1 heterocycles. The lowest BCUT2D eigenvalue weighted by molar-refractivity contribution is -0.143. The van der Waals surface area contributed by atoms with Crippen molar-refractivity contribution in [3.63, 3.8) is 0 Å². The zero-order chi connectivity index (χ0) is 16.7. The predicted molar refractivity (Wildman–Crippen MR) is 85.8 cm³/mol. The number of aliphatic hydroxyl groups is 1. The molecule has 0 unspecified atom stereocenters. The quantitative estimate of drug-likeness (QED) is 0.796. The van der Waals surface area contributed by atoms with Crippen LogP contribution in [0.4, 0.5) is 0 Å². The van der Waals surface area contributed by atoms with Crippen molar-refractivity contribution in [2.45, 2.75) is 26.6 Å². The molecule has 0 amide bonds. The van der Waals surface area contributed by atoms with E-state index in [9.17, 15) is 9.90 Å². The lowest BCUT2D eigenvalue weighted by atomic mass is 10.0. The van der Waals surface area contributed by atoms with E-state index in [0.29, 0.717) is 18.1 Å². The third-order valence-electron chi connectivity index (χ3n) is 3.40. The molecule has 2 aromatic rings. The van der Waals surface area contributed by atoms with Gasteiger partial charge in [-0.05, 0) is 17.7 Å². The molecule has 0 spiro atoms. The molecule has 1 aromatic heterocycles. The van der Waals surface area contributed by atoms with E-state index >= 15 is 0 Å². The molecular formula is C18H21NO4. The molecule has 0 bridgehead atoms. The highest BCUT2D eigenvalue weighted by molar-refractivity contribution is 5.65. The van der Waals surface area contributed by atoms with Crippen molar-refractivity contribution in [2.24, 2.45) is 5.92 Å². The van der Waals surface area contributed by atoms with Crippen molar-refractivity contribution in [1.29, 1.82) is 0 Å². The molecule has 5 heteroatoms. The summed E-state index contributed by atoms with van der Waals surface area (Å²) in [5, 5.41) is 10.2. The maximum absolute atomic E-state index is 10.8. The Balaban J connectivity index is 1.89. The number of rotatable bonds is 7. The summed E-state index contributed by atoms with van der Waals surface area (Å²) in [6.45, 7) is 3.77. The average molecular weight is 315 g/mol. The lowest BCUT2D eigenvalue weighted by Crippen LogP contribution is -2.18. The van der Waals surface area contributed by atoms with Gasteiger partial charge < -0.3 is 14.6 Å². The summed E-state index contributed by atoms with van der Waals surface area (Å²) in [5.41, 5.74) is 1.60. The van der Waals surface area contributed by atoms with Gasteiger partial charge in [-0.2, -0.15) is 0 Å². The molecule has 5 nitrogen and oxygen atoms in total. The fourth-order valence-electron chi connectivity index (χ4n) is 2.02. The summed E-state index contributed by atoms with van der Waals surface area (Å²) in [4.78, 5) is 15.0. The molecule has 2 atom stereocenters. The van der Waals surface area contributed by atoms with Crippen LogP contribution >= 0.6 is 0 Å². The van der Waals surface area contributed by atoms with Gasteiger partial charge in [-0.3, -0.25) is 9.78 Å². The second-order valence-electron chi connectivity index (χ2n) is 5.42. The van der Waals surface area contributed by atoms with Gasteiger partial charge in [-0.25, -0.2) is 0 Å². The smallest absolute Gasteiger partial charge is 0.302 e. The topological polar surface area (TPSA) is 68.7 Å². The van der Waals surface area contributed by atoms with Crippen LogP contribution in [-0.2, 0) is 16.1 Å². The zero-order valence-electron chi connectivity index (χ0n) is 13.3. The molecule has 0 saturated heterocycles. The highest BCUT2D eigenvalue weighted by atomic mass is 16.5. The number of aliphatic hydroxyl groups excluding tert-OH is 1. The first-order valence-electron chi connectivity index (χ1n) is 7.50. The number of ether oxygens (including phenoxy) is 2. The van der Waals surface area contributed by atoms with E-state index in [-0.39, 0.29) is 18.5 Å². The minimum Gasteiger partial charge on any atom is -0.487 e. The summed E-state index contributed by atoms with van der Waals surface area (Å²) in [6, 6.07) is 13.3. The molecule has 0 aliphatic rings. The fraction of sp³-hybridized carbons (Fsp3) is 0.333. The van der Waals surface area contributed by atoms with Gasteiger partial charge in [0.25, 0.3) is 0 Å². The maximum Gasteiger partial charge on any atom is 0.302 e. The maximum atomic E-state index is 10.8. The van der Waals surface area contributed by atoms with E-state index in [4.69, 9.17) is 9.47 Å². The van der Waals surface area contributed by atoms with E-state index < -0.39 is 6.10 Å². The number of aromatic nitrogens is 1. The molecule has 0 fully saturated rings. The number of esters is 1. The Hall–Kier alpha value is -2.40. The Morgan fingerprint density at radius 1 is 1.22 bits per heavy atom. The van der Waals surface area contributed by atoms with Crippen LogP contribution in [0.15, 0.2) is 48.7 Å². The van der Waals surface area contributed by atoms with Gasteiger partial charge in [-0.1, -0.05) is 37.3 Å². The van der Waals surface area contributed by atoms with Crippen LogP contribution in [0, 0.1) is 5.92 Å². The molecule has 0 saturated carbocycles. The standard InChI is InChI=1S/C18H21NO4/c1-13(11-22-14(2)20)18(21)17-9-8-16(10-19-17)23-12-15-6-4-3-5-7-15/h3-10,13,18,21H,11-12H2,1-2H3/t13-,18-/m1/s1. The molecule has 0 aliphatic heterocycles. The predicted octanol–water partition coefficient (Wildman–Crippen LogP) is 2.89.